The van der Waals surface area contributed by atoms with Crippen LogP contribution in [-0.2, 0) is 4.74 Å². The highest BCUT2D eigenvalue weighted by molar-refractivity contribution is 7.15. The van der Waals surface area contributed by atoms with Gasteiger partial charge >= 0.3 is 0 Å². The number of carbonyl (C=O) groups is 1. The summed E-state index contributed by atoms with van der Waals surface area (Å²) in [7, 11) is 0. The average Bonchev–Trinajstić information content (AvgIpc) is 3.13. The minimum atomic E-state index is -0.461. The van der Waals surface area contributed by atoms with E-state index in [1.165, 1.54) is 21.9 Å². The SMILES string of the molecule is O=C(Nc1ccc(N2CCOCC2)cc1)c1cnc2sccn2c1=O. The average molecular weight is 356 g/mol. The van der Waals surface area contributed by atoms with Crippen LogP contribution in [0.1, 0.15) is 10.4 Å². The summed E-state index contributed by atoms with van der Waals surface area (Å²) in [6.45, 7) is 3.16. The minimum absolute atomic E-state index is 0.0214. The number of carbonyl (C=O) groups excluding carboxylic acids is 1. The quantitative estimate of drug-likeness (QED) is 0.775. The van der Waals surface area contributed by atoms with Crippen LogP contribution < -0.4 is 15.8 Å². The molecule has 1 aliphatic rings. The van der Waals surface area contributed by atoms with E-state index in [4.69, 9.17) is 4.74 Å². The van der Waals surface area contributed by atoms with Crippen molar-refractivity contribution < 1.29 is 9.53 Å². The molecule has 3 aromatic rings. The number of nitrogens with one attached hydrogen (secondary N) is 1. The maximum absolute atomic E-state index is 12.4. The van der Waals surface area contributed by atoms with Crippen molar-refractivity contribution in [2.24, 2.45) is 0 Å². The van der Waals surface area contributed by atoms with Crippen molar-refractivity contribution in [2.45, 2.75) is 0 Å². The van der Waals surface area contributed by atoms with Gasteiger partial charge in [0, 0.05) is 42.2 Å². The highest BCUT2D eigenvalue weighted by Gasteiger charge is 2.15. The molecule has 0 aliphatic carbocycles. The molecule has 0 spiro atoms. The third kappa shape index (κ3) is 3.13. The zero-order valence-corrected chi connectivity index (χ0v) is 14.2. The molecular weight excluding hydrogens is 340 g/mol. The van der Waals surface area contributed by atoms with Crippen LogP contribution in [0.2, 0.25) is 0 Å². The van der Waals surface area contributed by atoms with Gasteiger partial charge in [0.2, 0.25) is 0 Å². The van der Waals surface area contributed by atoms with Gasteiger partial charge in [-0.25, -0.2) is 4.98 Å². The van der Waals surface area contributed by atoms with Crippen LogP contribution in [0.5, 0.6) is 0 Å². The lowest BCUT2D eigenvalue weighted by molar-refractivity contribution is 0.102. The zero-order valence-electron chi connectivity index (χ0n) is 13.3. The minimum Gasteiger partial charge on any atom is -0.378 e. The summed E-state index contributed by atoms with van der Waals surface area (Å²) in [6, 6.07) is 7.57. The van der Waals surface area contributed by atoms with Crippen molar-refractivity contribution in [3.05, 3.63) is 58.0 Å². The Morgan fingerprint density at radius 3 is 2.72 bits per heavy atom. The fourth-order valence-corrected chi connectivity index (χ4v) is 3.43. The Bertz CT molecular complexity index is 958. The second-order valence-electron chi connectivity index (χ2n) is 5.63. The van der Waals surface area contributed by atoms with Crippen molar-refractivity contribution >= 4 is 33.6 Å². The second kappa shape index (κ2) is 6.66. The van der Waals surface area contributed by atoms with Gasteiger partial charge in [-0.3, -0.25) is 14.0 Å². The van der Waals surface area contributed by atoms with Crippen molar-refractivity contribution in [1.82, 2.24) is 9.38 Å². The number of morpholine rings is 1. The molecule has 1 saturated heterocycles. The molecule has 1 aliphatic heterocycles. The van der Waals surface area contributed by atoms with Gasteiger partial charge in [-0.05, 0) is 24.3 Å². The van der Waals surface area contributed by atoms with E-state index < -0.39 is 5.91 Å². The Balaban J connectivity index is 1.51. The molecule has 1 amide bonds. The van der Waals surface area contributed by atoms with Gasteiger partial charge in [-0.1, -0.05) is 0 Å². The van der Waals surface area contributed by atoms with Gasteiger partial charge in [-0.15, -0.1) is 11.3 Å². The molecule has 0 radical (unpaired) electrons. The largest absolute Gasteiger partial charge is 0.378 e. The van der Waals surface area contributed by atoms with Gasteiger partial charge < -0.3 is 15.0 Å². The van der Waals surface area contributed by atoms with Gasteiger partial charge in [0.15, 0.2) is 4.96 Å². The Kier molecular flexibility index (Phi) is 4.21. The third-order valence-electron chi connectivity index (χ3n) is 4.09. The Labute approximate surface area is 147 Å². The molecule has 7 nitrogen and oxygen atoms in total. The molecule has 0 atom stereocenters. The molecule has 128 valence electrons. The number of hydrogen-bond acceptors (Lipinski definition) is 6. The number of rotatable bonds is 3. The lowest BCUT2D eigenvalue weighted by atomic mass is 10.2. The molecule has 1 N–H and O–H groups in total. The standard InChI is InChI=1S/C17H16N4O3S/c22-15(14-11-18-17-21(16(14)23)7-10-25-17)19-12-1-3-13(4-2-12)20-5-8-24-9-6-20/h1-4,7,10-11H,5-6,8-9H2,(H,19,22). The number of anilines is 2. The van der Waals surface area contributed by atoms with E-state index in [0.717, 1.165) is 32.0 Å². The smallest absolute Gasteiger partial charge is 0.271 e. The number of benzene rings is 1. The summed E-state index contributed by atoms with van der Waals surface area (Å²) in [6.07, 6.45) is 2.94. The van der Waals surface area contributed by atoms with Crippen LogP contribution in [0.3, 0.4) is 0 Å². The summed E-state index contributed by atoms with van der Waals surface area (Å²) in [4.78, 5) is 31.7. The van der Waals surface area contributed by atoms with Gasteiger partial charge in [0.05, 0.1) is 13.2 Å². The summed E-state index contributed by atoms with van der Waals surface area (Å²) in [5.74, 6) is -0.461. The Hall–Kier alpha value is -2.71. The molecule has 0 bridgehead atoms. The first-order valence-corrected chi connectivity index (χ1v) is 8.79. The number of nitrogens with zero attached hydrogens (tertiary/aromatic N) is 3. The van der Waals surface area contributed by atoms with Gasteiger partial charge in [0.25, 0.3) is 11.5 Å². The van der Waals surface area contributed by atoms with E-state index in [1.54, 1.807) is 11.6 Å². The number of amides is 1. The molecule has 25 heavy (non-hydrogen) atoms. The maximum Gasteiger partial charge on any atom is 0.271 e. The van der Waals surface area contributed by atoms with Crippen LogP contribution in [0.15, 0.2) is 46.8 Å². The molecule has 3 heterocycles. The van der Waals surface area contributed by atoms with E-state index in [-0.39, 0.29) is 11.1 Å². The number of ether oxygens (including phenoxy) is 1. The Morgan fingerprint density at radius 2 is 1.96 bits per heavy atom. The molecule has 1 fully saturated rings. The topological polar surface area (TPSA) is 75.9 Å². The summed E-state index contributed by atoms with van der Waals surface area (Å²) in [5, 5.41) is 4.51. The molecule has 0 saturated carbocycles. The van der Waals surface area contributed by atoms with Crippen LogP contribution in [0.25, 0.3) is 4.96 Å². The van der Waals surface area contributed by atoms with Gasteiger partial charge in [0.1, 0.15) is 5.56 Å². The first kappa shape index (κ1) is 15.8. The number of hydrogen-bond donors (Lipinski definition) is 1. The van der Waals surface area contributed by atoms with Crippen molar-refractivity contribution in [3.8, 4) is 0 Å². The molecule has 2 aromatic heterocycles. The van der Waals surface area contributed by atoms with Crippen LogP contribution in [0, 0.1) is 0 Å². The normalized spacial score (nSPS) is 14.6. The van der Waals surface area contributed by atoms with Crippen molar-refractivity contribution in [1.29, 1.82) is 0 Å². The third-order valence-corrected chi connectivity index (χ3v) is 4.86. The fraction of sp³-hybridized carbons (Fsp3) is 0.235. The number of thiazole rings is 1. The molecular formula is C17H16N4O3S. The van der Waals surface area contributed by atoms with E-state index in [9.17, 15) is 9.59 Å². The fourth-order valence-electron chi connectivity index (χ4n) is 2.76. The second-order valence-corrected chi connectivity index (χ2v) is 6.51. The highest BCUT2D eigenvalue weighted by Crippen LogP contribution is 2.19. The summed E-state index contributed by atoms with van der Waals surface area (Å²) in [5.41, 5.74) is 1.38. The predicted molar refractivity (Wildman–Crippen MR) is 96.8 cm³/mol. The van der Waals surface area contributed by atoms with Crippen molar-refractivity contribution in [3.63, 3.8) is 0 Å². The van der Waals surface area contributed by atoms with Crippen LogP contribution in [-0.4, -0.2) is 41.6 Å². The maximum atomic E-state index is 12.4. The molecule has 8 heteroatoms. The van der Waals surface area contributed by atoms with Crippen LogP contribution >= 0.6 is 11.3 Å². The van der Waals surface area contributed by atoms with E-state index in [2.05, 4.69) is 15.2 Å². The zero-order chi connectivity index (χ0) is 17.2. The van der Waals surface area contributed by atoms with Crippen molar-refractivity contribution in [2.75, 3.05) is 36.5 Å². The monoisotopic (exact) mass is 356 g/mol. The molecule has 1 aromatic carbocycles. The van der Waals surface area contributed by atoms with E-state index in [0.29, 0.717) is 10.6 Å². The van der Waals surface area contributed by atoms with Crippen LogP contribution in [0.4, 0.5) is 11.4 Å². The summed E-state index contributed by atoms with van der Waals surface area (Å²) < 4.78 is 6.72. The highest BCUT2D eigenvalue weighted by atomic mass is 32.1. The van der Waals surface area contributed by atoms with E-state index in [1.807, 2.05) is 24.3 Å². The number of fused-ring (bicyclic) bond motifs is 1. The predicted octanol–water partition coefficient (Wildman–Crippen LogP) is 1.84. The molecule has 0 unspecified atom stereocenters. The first-order valence-electron chi connectivity index (χ1n) is 7.91. The number of aromatic nitrogens is 2. The van der Waals surface area contributed by atoms with Gasteiger partial charge in [-0.2, -0.15) is 0 Å². The lowest BCUT2D eigenvalue weighted by Gasteiger charge is -2.28. The lowest BCUT2D eigenvalue weighted by Crippen LogP contribution is -2.36. The van der Waals surface area contributed by atoms with E-state index >= 15 is 0 Å². The first-order chi connectivity index (χ1) is 12.2. The Morgan fingerprint density at radius 1 is 1.20 bits per heavy atom. The molecule has 4 rings (SSSR count). The summed E-state index contributed by atoms with van der Waals surface area (Å²) >= 11 is 1.35.